The molecule has 4 heteroatoms. The van der Waals surface area contributed by atoms with E-state index in [4.69, 9.17) is 16.6 Å². The number of rotatable bonds is 2. The lowest BCUT2D eigenvalue weighted by Crippen LogP contribution is -2.06. The fourth-order valence-corrected chi connectivity index (χ4v) is 1.91. The summed E-state index contributed by atoms with van der Waals surface area (Å²) in [6.07, 6.45) is 10.4. The minimum Gasteiger partial charge on any atom is -0.381 e. The van der Waals surface area contributed by atoms with Gasteiger partial charge in [0.2, 0.25) is 0 Å². The van der Waals surface area contributed by atoms with E-state index in [1.165, 1.54) is 0 Å². The summed E-state index contributed by atoms with van der Waals surface area (Å²) >= 11 is 0. The molecule has 0 radical (unpaired) electrons. The zero-order chi connectivity index (χ0) is 12.3. The molecular weight excluding hydrogens is 214 g/mol. The fourth-order valence-electron chi connectivity index (χ4n) is 1.91. The SMILES string of the molecule is C#CC1=C(C(=N)c2cnn(C)c2)CCOCC1. The molecule has 88 valence electrons. The van der Waals surface area contributed by atoms with Gasteiger partial charge >= 0.3 is 0 Å². The molecule has 17 heavy (non-hydrogen) atoms. The van der Waals surface area contributed by atoms with Crippen LogP contribution in [0.4, 0.5) is 0 Å². The fraction of sp³-hybridized carbons (Fsp3) is 0.385. The zero-order valence-electron chi connectivity index (χ0n) is 9.86. The number of nitrogens with zero attached hydrogens (tertiary/aromatic N) is 2. The number of aromatic nitrogens is 2. The monoisotopic (exact) mass is 229 g/mol. The molecular formula is C13H15N3O. The standard InChI is InChI=1S/C13H15N3O/c1-3-10-4-6-17-7-5-12(10)13(14)11-8-15-16(2)9-11/h1,8-9,14H,4-7H2,2H3. The van der Waals surface area contributed by atoms with Crippen molar-refractivity contribution in [3.05, 3.63) is 29.1 Å². The van der Waals surface area contributed by atoms with E-state index >= 15 is 0 Å². The van der Waals surface area contributed by atoms with Crippen molar-refractivity contribution in [1.82, 2.24) is 9.78 Å². The second kappa shape index (κ2) is 4.98. The average molecular weight is 229 g/mol. The number of aryl methyl sites for hydroxylation is 1. The van der Waals surface area contributed by atoms with Gasteiger partial charge in [0.1, 0.15) is 0 Å². The normalized spacial score (nSPS) is 16.5. The molecule has 1 aliphatic heterocycles. The van der Waals surface area contributed by atoms with Crippen molar-refractivity contribution in [1.29, 1.82) is 5.41 Å². The van der Waals surface area contributed by atoms with Gasteiger partial charge in [-0.1, -0.05) is 5.92 Å². The van der Waals surface area contributed by atoms with E-state index < -0.39 is 0 Å². The van der Waals surface area contributed by atoms with E-state index in [1.807, 2.05) is 13.2 Å². The van der Waals surface area contributed by atoms with Gasteiger partial charge in [0.05, 0.1) is 25.1 Å². The third-order valence-electron chi connectivity index (χ3n) is 2.83. The van der Waals surface area contributed by atoms with Crippen molar-refractivity contribution < 1.29 is 4.74 Å². The van der Waals surface area contributed by atoms with Crippen molar-refractivity contribution in [3.63, 3.8) is 0 Å². The predicted octanol–water partition coefficient (Wildman–Crippen LogP) is 1.53. The molecule has 0 aromatic carbocycles. The van der Waals surface area contributed by atoms with Gasteiger partial charge in [0.15, 0.2) is 0 Å². The molecule has 2 rings (SSSR count). The molecule has 0 amide bonds. The van der Waals surface area contributed by atoms with Crippen molar-refractivity contribution in [3.8, 4) is 12.3 Å². The first kappa shape index (κ1) is 11.6. The van der Waals surface area contributed by atoms with Crippen LogP contribution in [0.3, 0.4) is 0 Å². The molecule has 2 heterocycles. The van der Waals surface area contributed by atoms with Gasteiger partial charge in [-0.15, -0.1) is 6.42 Å². The molecule has 1 N–H and O–H groups in total. The van der Waals surface area contributed by atoms with E-state index in [1.54, 1.807) is 10.9 Å². The van der Waals surface area contributed by atoms with Gasteiger partial charge in [0.25, 0.3) is 0 Å². The first-order valence-corrected chi connectivity index (χ1v) is 5.56. The molecule has 0 atom stereocenters. The maximum absolute atomic E-state index is 8.21. The van der Waals surface area contributed by atoms with Gasteiger partial charge in [0, 0.05) is 30.8 Å². The smallest absolute Gasteiger partial charge is 0.0685 e. The third kappa shape index (κ3) is 2.45. The first-order chi connectivity index (χ1) is 8.22. The van der Waals surface area contributed by atoms with Crippen LogP contribution in [0, 0.1) is 17.8 Å². The number of hydrogen-bond donors (Lipinski definition) is 1. The van der Waals surface area contributed by atoms with E-state index in [0.29, 0.717) is 31.8 Å². The molecule has 4 nitrogen and oxygen atoms in total. The Hall–Kier alpha value is -1.86. The van der Waals surface area contributed by atoms with Crippen molar-refractivity contribution >= 4 is 5.71 Å². The number of terminal acetylenes is 1. The number of ether oxygens (including phenoxy) is 1. The summed E-state index contributed by atoms with van der Waals surface area (Å²) in [5, 5.41) is 12.3. The van der Waals surface area contributed by atoms with Crippen LogP contribution in [0.2, 0.25) is 0 Å². The molecule has 1 aromatic rings. The quantitative estimate of drug-likeness (QED) is 0.617. The maximum Gasteiger partial charge on any atom is 0.0685 e. The van der Waals surface area contributed by atoms with Crippen molar-refractivity contribution in [2.24, 2.45) is 7.05 Å². The van der Waals surface area contributed by atoms with Crippen LogP contribution in [0.1, 0.15) is 18.4 Å². The van der Waals surface area contributed by atoms with Crippen LogP contribution in [-0.2, 0) is 11.8 Å². The highest BCUT2D eigenvalue weighted by atomic mass is 16.5. The second-order valence-electron chi connectivity index (χ2n) is 3.99. The lowest BCUT2D eigenvalue weighted by molar-refractivity contribution is 0.147. The van der Waals surface area contributed by atoms with Crippen molar-refractivity contribution in [2.75, 3.05) is 13.2 Å². The molecule has 0 spiro atoms. The molecule has 0 saturated heterocycles. The summed E-state index contributed by atoms with van der Waals surface area (Å²) < 4.78 is 7.08. The minimum atomic E-state index is 0.469. The topological polar surface area (TPSA) is 50.9 Å². The van der Waals surface area contributed by atoms with Gasteiger partial charge in [-0.3, -0.25) is 10.1 Å². The zero-order valence-corrected chi connectivity index (χ0v) is 9.86. The summed E-state index contributed by atoms with van der Waals surface area (Å²) in [6.45, 7) is 1.27. The summed E-state index contributed by atoms with van der Waals surface area (Å²) in [5.41, 5.74) is 3.07. The van der Waals surface area contributed by atoms with E-state index in [2.05, 4.69) is 11.0 Å². The Morgan fingerprint density at radius 3 is 2.94 bits per heavy atom. The minimum absolute atomic E-state index is 0.469. The van der Waals surface area contributed by atoms with E-state index in [9.17, 15) is 0 Å². The molecule has 0 unspecified atom stereocenters. The van der Waals surface area contributed by atoms with Gasteiger partial charge in [-0.05, 0) is 12.0 Å². The van der Waals surface area contributed by atoms with E-state index in [-0.39, 0.29) is 0 Å². The predicted molar refractivity (Wildman–Crippen MR) is 65.9 cm³/mol. The Kier molecular flexibility index (Phi) is 3.40. The lowest BCUT2D eigenvalue weighted by atomic mass is 9.96. The summed E-state index contributed by atoms with van der Waals surface area (Å²) in [6, 6.07) is 0. The number of hydrogen-bond acceptors (Lipinski definition) is 3. The molecule has 1 aliphatic rings. The largest absolute Gasteiger partial charge is 0.381 e. The van der Waals surface area contributed by atoms with Crippen molar-refractivity contribution in [2.45, 2.75) is 12.8 Å². The Labute approximate surface area is 101 Å². The average Bonchev–Trinajstić information content (AvgIpc) is 2.64. The summed E-state index contributed by atoms with van der Waals surface area (Å²) in [4.78, 5) is 0. The third-order valence-corrected chi connectivity index (χ3v) is 2.83. The molecule has 0 aliphatic carbocycles. The second-order valence-corrected chi connectivity index (χ2v) is 3.99. The highest BCUT2D eigenvalue weighted by molar-refractivity contribution is 6.11. The summed E-state index contributed by atoms with van der Waals surface area (Å²) in [7, 11) is 1.84. The summed E-state index contributed by atoms with van der Waals surface area (Å²) in [5.74, 6) is 2.68. The first-order valence-electron chi connectivity index (χ1n) is 5.56. The lowest BCUT2D eigenvalue weighted by Gasteiger charge is -2.07. The van der Waals surface area contributed by atoms with Crippen LogP contribution < -0.4 is 0 Å². The van der Waals surface area contributed by atoms with Gasteiger partial charge in [-0.25, -0.2) is 0 Å². The Balaban J connectivity index is 2.34. The number of nitrogens with one attached hydrogen (secondary N) is 1. The van der Waals surface area contributed by atoms with Crippen LogP contribution in [-0.4, -0.2) is 28.7 Å². The Morgan fingerprint density at radius 1 is 1.53 bits per heavy atom. The maximum atomic E-state index is 8.21. The Morgan fingerprint density at radius 2 is 2.29 bits per heavy atom. The highest BCUT2D eigenvalue weighted by Gasteiger charge is 2.16. The Bertz CT molecular complexity index is 505. The highest BCUT2D eigenvalue weighted by Crippen LogP contribution is 2.20. The van der Waals surface area contributed by atoms with Crippen LogP contribution >= 0.6 is 0 Å². The van der Waals surface area contributed by atoms with Gasteiger partial charge in [-0.2, -0.15) is 5.10 Å². The molecule has 0 bridgehead atoms. The van der Waals surface area contributed by atoms with E-state index in [0.717, 1.165) is 16.7 Å². The molecule has 1 aromatic heterocycles. The van der Waals surface area contributed by atoms with Gasteiger partial charge < -0.3 is 4.74 Å². The van der Waals surface area contributed by atoms with Crippen LogP contribution in [0.5, 0.6) is 0 Å². The van der Waals surface area contributed by atoms with Crippen LogP contribution in [0.15, 0.2) is 23.5 Å². The van der Waals surface area contributed by atoms with Crippen LogP contribution in [0.25, 0.3) is 0 Å². The molecule has 0 fully saturated rings. The molecule has 0 saturated carbocycles.